The van der Waals surface area contributed by atoms with Gasteiger partial charge < -0.3 is 14.4 Å². The van der Waals surface area contributed by atoms with Crippen molar-refractivity contribution in [2.75, 3.05) is 7.11 Å². The predicted octanol–water partition coefficient (Wildman–Crippen LogP) is 6.32. The third kappa shape index (κ3) is 5.23. The molecular weight excluding hydrogens is 628 g/mol. The molecule has 0 spiro atoms. The number of hydrogen-bond donors (Lipinski definition) is 2. The first-order valence-corrected chi connectivity index (χ1v) is 18.3. The first-order chi connectivity index (χ1) is 22.9. The molecule has 2 aliphatic heterocycles. The fourth-order valence-corrected chi connectivity index (χ4v) is 8.24. The first kappa shape index (κ1) is 32.2. The lowest BCUT2D eigenvalue weighted by molar-refractivity contribution is -0.146. The second-order valence-corrected chi connectivity index (χ2v) is 16.2. The highest BCUT2D eigenvalue weighted by molar-refractivity contribution is 7.90. The number of carboxylic acid groups (broad SMARTS) is 1. The van der Waals surface area contributed by atoms with Crippen LogP contribution in [0.15, 0.2) is 59.2 Å². The molecule has 3 atom stereocenters. The molecule has 1 amide bonds. The number of rotatable bonds is 8. The van der Waals surface area contributed by atoms with Crippen LogP contribution < -0.4 is 9.46 Å². The number of amides is 1. The summed E-state index contributed by atoms with van der Waals surface area (Å²) in [4.78, 5) is 26.4. The maximum Gasteiger partial charge on any atom is 0.317 e. The highest BCUT2D eigenvalue weighted by atomic mass is 32.2. The van der Waals surface area contributed by atoms with Gasteiger partial charge in [0.15, 0.2) is 0 Å². The number of hydrazone groups is 1. The van der Waals surface area contributed by atoms with E-state index in [-0.39, 0.29) is 17.5 Å². The van der Waals surface area contributed by atoms with Crippen LogP contribution in [0.25, 0.3) is 28.2 Å². The summed E-state index contributed by atoms with van der Waals surface area (Å²) in [5.41, 5.74) is 4.78. The van der Waals surface area contributed by atoms with Crippen LogP contribution in [-0.2, 0) is 21.4 Å². The van der Waals surface area contributed by atoms with E-state index in [4.69, 9.17) is 9.84 Å². The van der Waals surface area contributed by atoms with Gasteiger partial charge in [-0.05, 0) is 112 Å². The zero-order valence-electron chi connectivity index (χ0n) is 27.8. The van der Waals surface area contributed by atoms with Crippen molar-refractivity contribution in [3.8, 4) is 17.0 Å². The number of carbonyl (C=O) groups is 2. The van der Waals surface area contributed by atoms with Crippen molar-refractivity contribution in [2.24, 2.45) is 10.5 Å². The molecule has 2 aliphatic carbocycles. The third-order valence-electron chi connectivity index (χ3n) is 10.6. The van der Waals surface area contributed by atoms with Crippen LogP contribution in [0.5, 0.6) is 5.75 Å². The summed E-state index contributed by atoms with van der Waals surface area (Å²) in [7, 11) is -2.21. The number of carboxylic acids is 1. The minimum absolute atomic E-state index is 0.157. The van der Waals surface area contributed by atoms with E-state index in [1.807, 2.05) is 23.2 Å². The number of ether oxygens (including phenoxy) is 1. The molecule has 0 radical (unpaired) electrons. The average molecular weight is 671 g/mol. The number of benzene rings is 2. The van der Waals surface area contributed by atoms with Gasteiger partial charge in [-0.2, -0.15) is 5.10 Å². The highest BCUT2D eigenvalue weighted by Gasteiger charge is 2.52. The monoisotopic (exact) mass is 670 g/mol. The number of hydrogen-bond acceptors (Lipinski definition) is 7. The largest absolute Gasteiger partial charge is 0.497 e. The lowest BCUT2D eigenvalue weighted by atomic mass is 9.77. The summed E-state index contributed by atoms with van der Waals surface area (Å²) in [5.74, 6) is -0.707. The van der Waals surface area contributed by atoms with Crippen molar-refractivity contribution >= 4 is 45.1 Å². The molecule has 4 aliphatic rings. The van der Waals surface area contributed by atoms with Crippen molar-refractivity contribution in [3.63, 3.8) is 0 Å². The van der Waals surface area contributed by atoms with Crippen molar-refractivity contribution in [1.82, 2.24) is 14.3 Å². The van der Waals surface area contributed by atoms with Crippen LogP contribution >= 0.6 is 0 Å². The molecule has 1 aromatic heterocycles. The van der Waals surface area contributed by atoms with Crippen molar-refractivity contribution in [2.45, 2.75) is 89.1 Å². The Kier molecular flexibility index (Phi) is 8.01. The standard InChI is InChI=1S/C37H42N4O6S/c1-22(2)48(45,46)39-35(42)24-13-15-30-31(19-24)40-20-26(34-37(3,36(43)44)21-38-41(34)27-11-8-12-27)17-25-18-28(47-4)14-16-29(25)33(40)32(30)23-9-6-5-7-10-23/h5-6,13-19,21-23,27,34H,7-12,20H2,1-4H3,(H,39,42)(H,43,44). The zero-order chi connectivity index (χ0) is 34.0. The van der Waals surface area contributed by atoms with Crippen LogP contribution in [0.2, 0.25) is 0 Å². The number of allylic oxidation sites excluding steroid dienone is 2. The maximum absolute atomic E-state index is 13.4. The van der Waals surface area contributed by atoms with Crippen LogP contribution in [0.3, 0.4) is 0 Å². The molecule has 0 saturated heterocycles. The Morgan fingerprint density at radius 2 is 1.90 bits per heavy atom. The highest BCUT2D eigenvalue weighted by Crippen LogP contribution is 2.49. The summed E-state index contributed by atoms with van der Waals surface area (Å²) in [5, 5.41) is 17.6. The van der Waals surface area contributed by atoms with E-state index in [9.17, 15) is 23.1 Å². The molecule has 3 aromatic rings. The molecule has 1 saturated carbocycles. The molecule has 1 fully saturated rings. The molecule has 48 heavy (non-hydrogen) atoms. The number of aliphatic carboxylic acids is 1. The number of fused-ring (bicyclic) bond motifs is 5. The van der Waals surface area contributed by atoms with Gasteiger partial charge in [-0.1, -0.05) is 24.3 Å². The number of sulfonamides is 1. The van der Waals surface area contributed by atoms with Gasteiger partial charge in [0.1, 0.15) is 11.2 Å². The van der Waals surface area contributed by atoms with Gasteiger partial charge in [-0.3, -0.25) is 14.6 Å². The van der Waals surface area contributed by atoms with Crippen LogP contribution in [0.1, 0.15) is 86.7 Å². The fourth-order valence-electron chi connectivity index (χ4n) is 7.63. The van der Waals surface area contributed by atoms with Crippen molar-refractivity contribution < 1.29 is 27.9 Å². The topological polar surface area (TPSA) is 130 Å². The van der Waals surface area contributed by atoms with Gasteiger partial charge >= 0.3 is 5.97 Å². The Labute approximate surface area is 281 Å². The number of nitrogens with one attached hydrogen (secondary N) is 1. The quantitative estimate of drug-likeness (QED) is 0.268. The Bertz CT molecular complexity index is 2020. The molecule has 3 unspecified atom stereocenters. The van der Waals surface area contributed by atoms with Gasteiger partial charge in [-0.25, -0.2) is 13.1 Å². The predicted molar refractivity (Wildman–Crippen MR) is 187 cm³/mol. The smallest absolute Gasteiger partial charge is 0.317 e. The zero-order valence-corrected chi connectivity index (χ0v) is 28.6. The van der Waals surface area contributed by atoms with Gasteiger partial charge in [0.05, 0.1) is 24.1 Å². The third-order valence-corrected chi connectivity index (χ3v) is 12.4. The summed E-state index contributed by atoms with van der Waals surface area (Å²) >= 11 is 0. The van der Waals surface area contributed by atoms with Gasteiger partial charge in [0.25, 0.3) is 5.91 Å². The minimum atomic E-state index is -3.84. The number of nitrogens with zero attached hydrogens (tertiary/aromatic N) is 3. The molecule has 7 rings (SSSR count). The fraction of sp³-hybridized carbons (Fsp3) is 0.432. The number of methoxy groups -OCH3 is 1. The lowest BCUT2D eigenvalue weighted by Gasteiger charge is -2.42. The number of carbonyl (C=O) groups excluding carboxylic acids is 1. The maximum atomic E-state index is 13.4. The van der Waals surface area contributed by atoms with E-state index in [1.54, 1.807) is 32.4 Å². The SMILES string of the molecule is COc1ccc2c(c1)C=C(C1N(C3CCC3)N=CC1(C)C(=O)O)Cn1c-2c(C2CC=CCC2)c2ccc(C(=O)NS(=O)(=O)C(C)C)cc21. The Morgan fingerprint density at radius 1 is 1.10 bits per heavy atom. The normalized spacial score (nSPS) is 23.8. The van der Waals surface area contributed by atoms with E-state index in [0.717, 1.165) is 71.8 Å². The minimum Gasteiger partial charge on any atom is -0.497 e. The Hall–Kier alpha value is -4.38. The van der Waals surface area contributed by atoms with Crippen LogP contribution in [0.4, 0.5) is 0 Å². The summed E-state index contributed by atoms with van der Waals surface area (Å²) in [6.45, 7) is 5.16. The van der Waals surface area contributed by atoms with Crippen molar-refractivity contribution in [3.05, 3.63) is 70.8 Å². The van der Waals surface area contributed by atoms with Crippen LogP contribution in [-0.4, -0.2) is 65.6 Å². The molecule has 10 nitrogen and oxygen atoms in total. The summed E-state index contributed by atoms with van der Waals surface area (Å²) in [6, 6.07) is 11.1. The van der Waals surface area contributed by atoms with Gasteiger partial charge in [0.2, 0.25) is 10.0 Å². The Morgan fingerprint density at radius 3 is 2.54 bits per heavy atom. The molecule has 0 bridgehead atoms. The second kappa shape index (κ2) is 11.9. The van der Waals surface area contributed by atoms with E-state index in [0.29, 0.717) is 12.3 Å². The summed E-state index contributed by atoms with van der Waals surface area (Å²) < 4.78 is 35.4. The molecule has 11 heteroatoms. The number of aromatic nitrogens is 1. The van der Waals surface area contributed by atoms with E-state index in [1.165, 1.54) is 19.4 Å². The van der Waals surface area contributed by atoms with E-state index in [2.05, 4.69) is 33.6 Å². The van der Waals surface area contributed by atoms with Gasteiger partial charge in [-0.15, -0.1) is 0 Å². The molecule has 2 aromatic carbocycles. The molecule has 2 N–H and O–H groups in total. The lowest BCUT2D eigenvalue weighted by Crippen LogP contribution is -2.51. The van der Waals surface area contributed by atoms with E-state index < -0.39 is 38.6 Å². The van der Waals surface area contributed by atoms with E-state index >= 15 is 0 Å². The average Bonchev–Trinajstić information content (AvgIpc) is 3.49. The Balaban J connectivity index is 1.47. The molecule has 3 heterocycles. The molecule has 252 valence electrons. The first-order valence-electron chi connectivity index (χ1n) is 16.8. The molecular formula is C37H42N4O6S. The second-order valence-electron chi connectivity index (χ2n) is 14.0. The van der Waals surface area contributed by atoms with Crippen molar-refractivity contribution in [1.29, 1.82) is 0 Å². The van der Waals surface area contributed by atoms with Gasteiger partial charge in [0, 0.05) is 40.8 Å². The summed E-state index contributed by atoms with van der Waals surface area (Å²) in [6.07, 6.45) is 13.9. The van der Waals surface area contributed by atoms with Crippen LogP contribution in [0, 0.1) is 5.41 Å².